The molecule has 3 aromatic rings. The lowest BCUT2D eigenvalue weighted by molar-refractivity contribution is 0.0609. The van der Waals surface area contributed by atoms with Crippen LogP contribution in [0.15, 0.2) is 36.9 Å². The number of imidazole rings is 1. The number of pyridine rings is 1. The zero-order valence-electron chi connectivity index (χ0n) is 15.4. The van der Waals surface area contributed by atoms with Crippen molar-refractivity contribution in [2.24, 2.45) is 7.05 Å². The van der Waals surface area contributed by atoms with Gasteiger partial charge in [0.1, 0.15) is 11.3 Å². The van der Waals surface area contributed by atoms with E-state index in [1.165, 1.54) is 19.3 Å². The molecule has 4 rings (SSSR count). The van der Waals surface area contributed by atoms with Crippen molar-refractivity contribution >= 4 is 11.6 Å². The molecule has 0 radical (unpaired) electrons. The molecule has 136 valence electrons. The summed E-state index contributed by atoms with van der Waals surface area (Å²) in [6, 6.07) is 4.26. The number of amides is 1. The van der Waals surface area contributed by atoms with Crippen molar-refractivity contribution < 1.29 is 4.79 Å². The highest BCUT2D eigenvalue weighted by molar-refractivity contribution is 5.93. The Labute approximate surface area is 153 Å². The Hall–Kier alpha value is -2.63. The molecule has 0 bridgehead atoms. The van der Waals surface area contributed by atoms with Gasteiger partial charge in [-0.1, -0.05) is 25.3 Å². The Bertz CT molecular complexity index is 919. The molecule has 1 aliphatic carbocycles. The molecule has 0 atom stereocenters. The largest absolute Gasteiger partial charge is 0.330 e. The number of hydrogen-bond donors (Lipinski definition) is 0. The van der Waals surface area contributed by atoms with Crippen LogP contribution in [0.2, 0.25) is 0 Å². The SMILES string of the molecule is Cc1ccc2nc(C(=O)N(Cc3cnn(C)c3)C3CCCCC3)cn2c1. The van der Waals surface area contributed by atoms with Crippen molar-refractivity contribution in [1.29, 1.82) is 0 Å². The van der Waals surface area contributed by atoms with Crippen LogP contribution in [-0.4, -0.2) is 36.0 Å². The first-order valence-corrected chi connectivity index (χ1v) is 9.34. The third kappa shape index (κ3) is 3.36. The second kappa shape index (κ2) is 6.94. The highest BCUT2D eigenvalue weighted by Gasteiger charge is 2.28. The van der Waals surface area contributed by atoms with Crippen LogP contribution in [0.5, 0.6) is 0 Å². The van der Waals surface area contributed by atoms with Crippen molar-refractivity contribution in [1.82, 2.24) is 24.1 Å². The minimum absolute atomic E-state index is 0.0158. The predicted molar refractivity (Wildman–Crippen MR) is 99.9 cm³/mol. The summed E-state index contributed by atoms with van der Waals surface area (Å²) in [5, 5.41) is 4.25. The van der Waals surface area contributed by atoms with Crippen LogP contribution in [0.1, 0.15) is 53.7 Å². The average Bonchev–Trinajstić information content (AvgIpc) is 3.25. The number of rotatable bonds is 4. The monoisotopic (exact) mass is 351 g/mol. The van der Waals surface area contributed by atoms with Gasteiger partial charge in [0.25, 0.3) is 5.91 Å². The van der Waals surface area contributed by atoms with Gasteiger partial charge in [-0.3, -0.25) is 9.48 Å². The van der Waals surface area contributed by atoms with Crippen molar-refractivity contribution in [2.75, 3.05) is 0 Å². The Morgan fingerprint density at radius 2 is 2.00 bits per heavy atom. The quantitative estimate of drug-likeness (QED) is 0.724. The first kappa shape index (κ1) is 16.8. The zero-order valence-corrected chi connectivity index (χ0v) is 15.4. The second-order valence-corrected chi connectivity index (χ2v) is 7.35. The smallest absolute Gasteiger partial charge is 0.274 e. The zero-order chi connectivity index (χ0) is 18.1. The van der Waals surface area contributed by atoms with Crippen LogP contribution in [0.25, 0.3) is 5.65 Å². The maximum absolute atomic E-state index is 13.3. The molecular weight excluding hydrogens is 326 g/mol. The van der Waals surface area contributed by atoms with Crippen molar-refractivity contribution in [3.05, 3.63) is 53.7 Å². The molecule has 1 amide bonds. The predicted octanol–water partition coefficient (Wildman–Crippen LogP) is 3.35. The van der Waals surface area contributed by atoms with E-state index >= 15 is 0 Å². The van der Waals surface area contributed by atoms with Gasteiger partial charge in [0, 0.05) is 43.8 Å². The fraction of sp³-hybridized carbons (Fsp3) is 0.450. The molecule has 1 saturated carbocycles. The molecule has 3 heterocycles. The van der Waals surface area contributed by atoms with E-state index in [0.717, 1.165) is 29.6 Å². The van der Waals surface area contributed by atoms with Gasteiger partial charge >= 0.3 is 0 Å². The standard InChI is InChI=1S/C20H25N5O/c1-15-8-9-19-22-18(14-24(19)11-15)20(26)25(17-6-4-3-5-7-17)13-16-10-21-23(2)12-16/h8-12,14,17H,3-7,13H2,1-2H3. The van der Waals surface area contributed by atoms with Gasteiger partial charge in [-0.15, -0.1) is 0 Å². The van der Waals surface area contributed by atoms with E-state index < -0.39 is 0 Å². The Balaban J connectivity index is 1.65. The molecule has 1 aliphatic rings. The van der Waals surface area contributed by atoms with E-state index in [0.29, 0.717) is 12.2 Å². The van der Waals surface area contributed by atoms with E-state index in [9.17, 15) is 4.79 Å². The molecule has 6 heteroatoms. The molecule has 1 fully saturated rings. The fourth-order valence-corrected chi connectivity index (χ4v) is 3.86. The molecule has 6 nitrogen and oxygen atoms in total. The number of carbonyl (C=O) groups excluding carboxylic acids is 1. The number of fused-ring (bicyclic) bond motifs is 1. The molecule has 0 spiro atoms. The van der Waals surface area contributed by atoms with Crippen molar-refractivity contribution in [2.45, 2.75) is 51.6 Å². The maximum Gasteiger partial charge on any atom is 0.274 e. The number of aromatic nitrogens is 4. The fourth-order valence-electron chi connectivity index (χ4n) is 3.86. The first-order chi connectivity index (χ1) is 12.6. The molecule has 3 aromatic heterocycles. The highest BCUT2D eigenvalue weighted by atomic mass is 16.2. The van der Waals surface area contributed by atoms with E-state index in [4.69, 9.17) is 0 Å². The van der Waals surface area contributed by atoms with Crippen molar-refractivity contribution in [3.63, 3.8) is 0 Å². The molecule has 0 aliphatic heterocycles. The van der Waals surface area contributed by atoms with Crippen LogP contribution in [0.3, 0.4) is 0 Å². The van der Waals surface area contributed by atoms with E-state index in [-0.39, 0.29) is 11.9 Å². The van der Waals surface area contributed by atoms with Gasteiger partial charge in [0.15, 0.2) is 0 Å². The third-order valence-electron chi connectivity index (χ3n) is 5.21. The summed E-state index contributed by atoms with van der Waals surface area (Å²) < 4.78 is 3.72. The lowest BCUT2D eigenvalue weighted by Crippen LogP contribution is -2.41. The number of hydrogen-bond acceptors (Lipinski definition) is 3. The van der Waals surface area contributed by atoms with E-state index in [2.05, 4.69) is 10.1 Å². The summed E-state index contributed by atoms with van der Waals surface area (Å²) in [5.41, 5.74) is 3.54. The molecular formula is C20H25N5O. The molecule has 26 heavy (non-hydrogen) atoms. The van der Waals surface area contributed by atoms with Gasteiger partial charge in [-0.25, -0.2) is 4.98 Å². The third-order valence-corrected chi connectivity index (χ3v) is 5.21. The van der Waals surface area contributed by atoms with Gasteiger partial charge in [-0.2, -0.15) is 5.10 Å². The molecule has 0 aromatic carbocycles. The number of nitrogens with zero attached hydrogens (tertiary/aromatic N) is 5. The Morgan fingerprint density at radius 1 is 1.19 bits per heavy atom. The van der Waals surface area contributed by atoms with Crippen LogP contribution in [0.4, 0.5) is 0 Å². The van der Waals surface area contributed by atoms with Crippen LogP contribution >= 0.6 is 0 Å². The average molecular weight is 351 g/mol. The Kier molecular flexibility index (Phi) is 4.49. The summed E-state index contributed by atoms with van der Waals surface area (Å²) >= 11 is 0. The van der Waals surface area contributed by atoms with Gasteiger partial charge < -0.3 is 9.30 Å². The first-order valence-electron chi connectivity index (χ1n) is 9.34. The van der Waals surface area contributed by atoms with Crippen molar-refractivity contribution in [3.8, 4) is 0 Å². The van der Waals surface area contributed by atoms with Crippen LogP contribution in [0, 0.1) is 6.92 Å². The minimum atomic E-state index is 0.0158. The summed E-state index contributed by atoms with van der Waals surface area (Å²) in [5.74, 6) is 0.0158. The molecule has 0 N–H and O–H groups in total. The minimum Gasteiger partial charge on any atom is -0.330 e. The highest BCUT2D eigenvalue weighted by Crippen LogP contribution is 2.25. The summed E-state index contributed by atoms with van der Waals surface area (Å²) in [6.07, 6.45) is 13.5. The van der Waals surface area contributed by atoms with Gasteiger partial charge in [-0.05, 0) is 31.4 Å². The van der Waals surface area contributed by atoms with Gasteiger partial charge in [0.05, 0.1) is 6.20 Å². The van der Waals surface area contributed by atoms with E-state index in [1.54, 1.807) is 4.68 Å². The van der Waals surface area contributed by atoms with Crippen LogP contribution < -0.4 is 0 Å². The topological polar surface area (TPSA) is 55.4 Å². The molecule has 0 saturated heterocycles. The normalized spacial score (nSPS) is 15.5. The summed E-state index contributed by atoms with van der Waals surface area (Å²) in [7, 11) is 1.90. The lowest BCUT2D eigenvalue weighted by atomic mass is 9.93. The number of carbonyl (C=O) groups is 1. The van der Waals surface area contributed by atoms with Crippen LogP contribution in [-0.2, 0) is 13.6 Å². The Morgan fingerprint density at radius 3 is 2.73 bits per heavy atom. The molecule has 0 unspecified atom stereocenters. The second-order valence-electron chi connectivity index (χ2n) is 7.35. The lowest BCUT2D eigenvalue weighted by Gasteiger charge is -2.33. The maximum atomic E-state index is 13.3. The van der Waals surface area contributed by atoms with Gasteiger partial charge in [0.2, 0.25) is 0 Å². The number of aryl methyl sites for hydroxylation is 2. The van der Waals surface area contributed by atoms with E-state index in [1.807, 2.05) is 60.2 Å². The summed E-state index contributed by atoms with van der Waals surface area (Å²) in [6.45, 7) is 2.63. The summed E-state index contributed by atoms with van der Waals surface area (Å²) in [4.78, 5) is 19.9.